The predicted octanol–water partition coefficient (Wildman–Crippen LogP) is 2.05. The first-order chi connectivity index (χ1) is 6.77. The Morgan fingerprint density at radius 1 is 1.50 bits per heavy atom. The molecule has 0 bridgehead atoms. The third kappa shape index (κ3) is 1.44. The molecule has 72 valence electrons. The van der Waals surface area contributed by atoms with E-state index in [0.717, 1.165) is 5.69 Å². The normalized spacial score (nSPS) is 20.4. The lowest BCUT2D eigenvalue weighted by Crippen LogP contribution is -2.30. The van der Waals surface area contributed by atoms with Crippen molar-refractivity contribution in [2.45, 2.75) is 31.1 Å². The second-order valence-corrected chi connectivity index (χ2v) is 4.32. The zero-order chi connectivity index (χ0) is 10.0. The molecule has 0 saturated heterocycles. The number of hydrogen-bond donors (Lipinski definition) is 0. The summed E-state index contributed by atoms with van der Waals surface area (Å²) >= 11 is 1.50. The average molecular weight is 206 g/mol. The van der Waals surface area contributed by atoms with Crippen LogP contribution in [0.3, 0.4) is 0 Å². The molecule has 4 heteroatoms. The van der Waals surface area contributed by atoms with E-state index in [-0.39, 0.29) is 5.78 Å². The molecule has 1 heterocycles. The van der Waals surface area contributed by atoms with E-state index < -0.39 is 5.41 Å². The summed E-state index contributed by atoms with van der Waals surface area (Å²) in [6.07, 6.45) is 2.30. The Morgan fingerprint density at radius 2 is 2.21 bits per heavy atom. The van der Waals surface area contributed by atoms with Gasteiger partial charge in [-0.05, 0) is 12.8 Å². The highest BCUT2D eigenvalue weighted by atomic mass is 32.1. The minimum atomic E-state index is -0.492. The van der Waals surface area contributed by atoms with E-state index in [1.807, 2.05) is 5.38 Å². The van der Waals surface area contributed by atoms with Gasteiger partial charge < -0.3 is 0 Å². The fourth-order valence-corrected chi connectivity index (χ4v) is 2.48. The summed E-state index contributed by atoms with van der Waals surface area (Å²) in [5, 5.41) is 11.1. The fourth-order valence-electron chi connectivity index (χ4n) is 1.83. The maximum absolute atomic E-state index is 11.1. The van der Waals surface area contributed by atoms with E-state index in [1.165, 1.54) is 11.3 Å². The van der Waals surface area contributed by atoms with Crippen molar-refractivity contribution in [3.63, 3.8) is 0 Å². The van der Waals surface area contributed by atoms with Crippen molar-refractivity contribution in [2.24, 2.45) is 0 Å². The first kappa shape index (κ1) is 9.35. The van der Waals surface area contributed by atoms with Crippen LogP contribution in [0.4, 0.5) is 0 Å². The highest BCUT2D eigenvalue weighted by molar-refractivity contribution is 7.07. The summed E-state index contributed by atoms with van der Waals surface area (Å²) in [7, 11) is 0. The van der Waals surface area contributed by atoms with Gasteiger partial charge in [-0.2, -0.15) is 5.26 Å². The fraction of sp³-hybridized carbons (Fsp3) is 0.500. The number of hydrogen-bond acceptors (Lipinski definition) is 4. The molecule has 1 fully saturated rings. The van der Waals surface area contributed by atoms with Crippen LogP contribution < -0.4 is 0 Å². The van der Waals surface area contributed by atoms with Crippen LogP contribution in [-0.2, 0) is 10.2 Å². The molecule has 1 aromatic heterocycles. The number of rotatable bonds is 1. The number of aromatic nitrogens is 1. The van der Waals surface area contributed by atoms with Gasteiger partial charge in [-0.3, -0.25) is 4.79 Å². The Bertz CT molecular complexity index is 367. The molecule has 2 rings (SSSR count). The second-order valence-electron chi connectivity index (χ2n) is 3.61. The van der Waals surface area contributed by atoms with E-state index >= 15 is 0 Å². The van der Waals surface area contributed by atoms with Gasteiger partial charge in [0.2, 0.25) is 0 Å². The molecule has 1 aliphatic carbocycles. The molecule has 0 radical (unpaired) electrons. The summed E-state index contributed by atoms with van der Waals surface area (Å²) in [4.78, 5) is 15.3. The van der Waals surface area contributed by atoms with Crippen molar-refractivity contribution in [3.8, 4) is 6.07 Å². The zero-order valence-electron chi connectivity index (χ0n) is 7.69. The topological polar surface area (TPSA) is 53.8 Å². The highest BCUT2D eigenvalue weighted by Gasteiger charge is 2.38. The number of carbonyl (C=O) groups excluding carboxylic acids is 1. The Balaban J connectivity index is 2.28. The van der Waals surface area contributed by atoms with Gasteiger partial charge in [0.05, 0.1) is 17.3 Å². The molecule has 3 nitrogen and oxygen atoms in total. The monoisotopic (exact) mass is 206 g/mol. The summed E-state index contributed by atoms with van der Waals surface area (Å²) in [6.45, 7) is 0. The van der Waals surface area contributed by atoms with Gasteiger partial charge in [0.25, 0.3) is 0 Å². The van der Waals surface area contributed by atoms with Gasteiger partial charge in [0.1, 0.15) is 11.2 Å². The standard InChI is InChI=1S/C10H10N2OS/c11-6-10(9-5-14-7-12-9)3-1-8(13)2-4-10/h5,7H,1-4H2. The van der Waals surface area contributed by atoms with Gasteiger partial charge in [0.15, 0.2) is 0 Å². The van der Waals surface area contributed by atoms with E-state index in [4.69, 9.17) is 0 Å². The minimum absolute atomic E-state index is 0.270. The van der Waals surface area contributed by atoms with Crippen LogP contribution in [0.15, 0.2) is 10.9 Å². The van der Waals surface area contributed by atoms with Gasteiger partial charge in [-0.1, -0.05) is 0 Å². The number of thiazole rings is 1. The number of ketones is 1. The van der Waals surface area contributed by atoms with Crippen LogP contribution in [0, 0.1) is 11.3 Å². The molecule has 0 unspecified atom stereocenters. The Labute approximate surface area is 86.4 Å². The predicted molar refractivity (Wildman–Crippen MR) is 52.9 cm³/mol. The quantitative estimate of drug-likeness (QED) is 0.706. The molecule has 0 aliphatic heterocycles. The van der Waals surface area contributed by atoms with Crippen LogP contribution in [0.25, 0.3) is 0 Å². The summed E-state index contributed by atoms with van der Waals surface area (Å²) in [5.41, 5.74) is 2.09. The SMILES string of the molecule is N#CC1(c2cscn2)CCC(=O)CC1. The van der Waals surface area contributed by atoms with Crippen LogP contribution in [0.5, 0.6) is 0 Å². The maximum Gasteiger partial charge on any atom is 0.133 e. The van der Waals surface area contributed by atoms with Crippen molar-refractivity contribution in [1.82, 2.24) is 4.98 Å². The van der Waals surface area contributed by atoms with Crippen molar-refractivity contribution in [3.05, 3.63) is 16.6 Å². The van der Waals surface area contributed by atoms with Crippen LogP contribution in [-0.4, -0.2) is 10.8 Å². The third-order valence-electron chi connectivity index (χ3n) is 2.80. The Kier molecular flexibility index (Phi) is 2.34. The zero-order valence-corrected chi connectivity index (χ0v) is 8.51. The number of carbonyl (C=O) groups is 1. The van der Waals surface area contributed by atoms with E-state index in [2.05, 4.69) is 11.1 Å². The van der Waals surface area contributed by atoms with E-state index in [0.29, 0.717) is 25.7 Å². The van der Waals surface area contributed by atoms with Crippen LogP contribution in [0.1, 0.15) is 31.4 Å². The van der Waals surface area contributed by atoms with Gasteiger partial charge in [0, 0.05) is 18.2 Å². The Hall–Kier alpha value is -1.21. The summed E-state index contributed by atoms with van der Waals surface area (Å²) < 4.78 is 0. The number of Topliss-reactive ketones (excluding diaryl/α,β-unsaturated/α-hetero) is 1. The molecule has 1 aromatic rings. The highest BCUT2D eigenvalue weighted by Crippen LogP contribution is 2.37. The molecule has 0 N–H and O–H groups in total. The molecule has 14 heavy (non-hydrogen) atoms. The molecular weight excluding hydrogens is 196 g/mol. The first-order valence-corrected chi connectivity index (χ1v) is 5.53. The van der Waals surface area contributed by atoms with Crippen LogP contribution >= 0.6 is 11.3 Å². The van der Waals surface area contributed by atoms with Crippen molar-refractivity contribution in [1.29, 1.82) is 5.26 Å². The largest absolute Gasteiger partial charge is 0.300 e. The molecule has 0 atom stereocenters. The van der Waals surface area contributed by atoms with Gasteiger partial charge in [-0.25, -0.2) is 4.98 Å². The minimum Gasteiger partial charge on any atom is -0.300 e. The lowest BCUT2D eigenvalue weighted by molar-refractivity contribution is -0.121. The van der Waals surface area contributed by atoms with Crippen molar-refractivity contribution >= 4 is 17.1 Å². The molecular formula is C10H10N2OS. The van der Waals surface area contributed by atoms with Crippen LogP contribution in [0.2, 0.25) is 0 Å². The molecule has 0 aromatic carbocycles. The van der Waals surface area contributed by atoms with E-state index in [9.17, 15) is 10.1 Å². The van der Waals surface area contributed by atoms with Crippen molar-refractivity contribution in [2.75, 3.05) is 0 Å². The molecule has 1 saturated carbocycles. The van der Waals surface area contributed by atoms with E-state index in [1.54, 1.807) is 5.51 Å². The second kappa shape index (κ2) is 3.50. The summed E-state index contributed by atoms with van der Waals surface area (Å²) in [5.74, 6) is 0.270. The first-order valence-electron chi connectivity index (χ1n) is 4.58. The third-order valence-corrected chi connectivity index (χ3v) is 3.38. The molecule has 0 spiro atoms. The van der Waals surface area contributed by atoms with Gasteiger partial charge >= 0.3 is 0 Å². The lowest BCUT2D eigenvalue weighted by atomic mass is 9.73. The molecule has 1 aliphatic rings. The van der Waals surface area contributed by atoms with Crippen molar-refractivity contribution < 1.29 is 4.79 Å². The number of nitrogens with zero attached hydrogens (tertiary/aromatic N) is 2. The lowest BCUT2D eigenvalue weighted by Gasteiger charge is -2.27. The summed E-state index contributed by atoms with van der Waals surface area (Å²) in [6, 6.07) is 2.33. The number of nitriles is 1. The molecule has 0 amide bonds. The smallest absolute Gasteiger partial charge is 0.133 e. The Morgan fingerprint density at radius 3 is 2.71 bits per heavy atom. The van der Waals surface area contributed by atoms with Gasteiger partial charge in [-0.15, -0.1) is 11.3 Å². The average Bonchev–Trinajstić information content (AvgIpc) is 2.73. The maximum atomic E-state index is 11.1.